The zero-order chi connectivity index (χ0) is 8.69. The Bertz CT molecular complexity index is 153. The summed E-state index contributed by atoms with van der Waals surface area (Å²) in [4.78, 5) is 20.0. The molecule has 4 heteroatoms. The van der Waals surface area contributed by atoms with Crippen LogP contribution in [0, 0.1) is 5.92 Å². The van der Waals surface area contributed by atoms with Crippen LogP contribution in [-0.4, -0.2) is 24.2 Å². The number of carboxylic acids is 1. The number of aliphatic carboxylic acids is 1. The van der Waals surface area contributed by atoms with E-state index in [4.69, 9.17) is 5.11 Å². The summed E-state index contributed by atoms with van der Waals surface area (Å²) >= 11 is 0. The number of carboxylic acid groups (broad SMARTS) is 1. The first kappa shape index (κ1) is 9.68. The normalized spacial score (nSPS) is 11.6. The van der Waals surface area contributed by atoms with Crippen molar-refractivity contribution in [1.29, 1.82) is 0 Å². The molecule has 0 bridgehead atoms. The highest BCUT2D eigenvalue weighted by Crippen LogP contribution is 2.03. The van der Waals surface area contributed by atoms with Gasteiger partial charge in [0.05, 0.1) is 12.5 Å². The molecule has 0 heterocycles. The number of rotatable bonds is 6. The Morgan fingerprint density at radius 3 is 2.73 bits per heavy atom. The minimum atomic E-state index is -0.950. The SMILES string of the molecule is C=CC(CCOC=O)C(=O)O. The summed E-state index contributed by atoms with van der Waals surface area (Å²) in [6, 6.07) is 0. The van der Waals surface area contributed by atoms with E-state index in [0.717, 1.165) is 0 Å². The van der Waals surface area contributed by atoms with Gasteiger partial charge in [-0.2, -0.15) is 0 Å². The summed E-state index contributed by atoms with van der Waals surface area (Å²) in [5, 5.41) is 8.46. The third kappa shape index (κ3) is 4.13. The first-order chi connectivity index (χ1) is 5.22. The van der Waals surface area contributed by atoms with Crippen molar-refractivity contribution < 1.29 is 19.4 Å². The van der Waals surface area contributed by atoms with Crippen LogP contribution in [0.2, 0.25) is 0 Å². The van der Waals surface area contributed by atoms with Gasteiger partial charge in [-0.1, -0.05) is 6.08 Å². The van der Waals surface area contributed by atoms with Crippen molar-refractivity contribution in [3.05, 3.63) is 12.7 Å². The molecule has 4 nitrogen and oxygen atoms in total. The van der Waals surface area contributed by atoms with Crippen molar-refractivity contribution in [3.8, 4) is 0 Å². The standard InChI is InChI=1S/C7H10O4/c1-2-6(7(9)10)3-4-11-5-8/h2,5-6H,1,3-4H2,(H,9,10). The van der Waals surface area contributed by atoms with Crippen LogP contribution in [-0.2, 0) is 14.3 Å². The number of ether oxygens (including phenoxy) is 1. The van der Waals surface area contributed by atoms with Gasteiger partial charge in [0.1, 0.15) is 0 Å². The number of carbonyl (C=O) groups is 2. The summed E-state index contributed by atoms with van der Waals surface area (Å²) in [6.07, 6.45) is 1.59. The number of hydrogen-bond donors (Lipinski definition) is 1. The van der Waals surface area contributed by atoms with Gasteiger partial charge in [-0.05, 0) is 6.42 Å². The van der Waals surface area contributed by atoms with E-state index in [0.29, 0.717) is 6.47 Å². The highest BCUT2D eigenvalue weighted by Gasteiger charge is 2.11. The van der Waals surface area contributed by atoms with Crippen molar-refractivity contribution in [2.45, 2.75) is 6.42 Å². The van der Waals surface area contributed by atoms with Gasteiger partial charge in [0, 0.05) is 0 Å². The summed E-state index contributed by atoms with van der Waals surface area (Å²) in [6.45, 7) is 3.75. The first-order valence-corrected chi connectivity index (χ1v) is 3.13. The van der Waals surface area contributed by atoms with Crippen LogP contribution >= 0.6 is 0 Å². The Hall–Kier alpha value is -1.32. The monoisotopic (exact) mass is 158 g/mol. The predicted octanol–water partition coefficient (Wildman–Crippen LogP) is 0.436. The van der Waals surface area contributed by atoms with Crippen LogP contribution in [0.15, 0.2) is 12.7 Å². The fraction of sp³-hybridized carbons (Fsp3) is 0.429. The van der Waals surface area contributed by atoms with E-state index in [-0.39, 0.29) is 13.0 Å². The fourth-order valence-electron chi connectivity index (χ4n) is 0.585. The van der Waals surface area contributed by atoms with Crippen molar-refractivity contribution in [2.75, 3.05) is 6.61 Å². The molecule has 0 fully saturated rings. The van der Waals surface area contributed by atoms with E-state index in [1.54, 1.807) is 0 Å². The molecule has 1 N–H and O–H groups in total. The molecule has 0 amide bonds. The highest BCUT2D eigenvalue weighted by molar-refractivity contribution is 5.71. The number of hydrogen-bond acceptors (Lipinski definition) is 3. The zero-order valence-electron chi connectivity index (χ0n) is 6.03. The third-order valence-corrected chi connectivity index (χ3v) is 1.22. The Labute approximate surface area is 64.5 Å². The third-order valence-electron chi connectivity index (χ3n) is 1.22. The lowest BCUT2D eigenvalue weighted by atomic mass is 10.1. The van der Waals surface area contributed by atoms with E-state index >= 15 is 0 Å². The summed E-state index contributed by atoms with van der Waals surface area (Å²) in [5.41, 5.74) is 0. The van der Waals surface area contributed by atoms with Crippen LogP contribution < -0.4 is 0 Å². The Kier molecular flexibility index (Phi) is 4.81. The quantitative estimate of drug-likeness (QED) is 0.346. The maximum atomic E-state index is 10.3. The summed E-state index contributed by atoms with van der Waals surface area (Å²) in [5.74, 6) is -1.58. The molecule has 0 aromatic carbocycles. The predicted molar refractivity (Wildman–Crippen MR) is 38.0 cm³/mol. The lowest BCUT2D eigenvalue weighted by Gasteiger charge is -2.04. The average Bonchev–Trinajstić information content (AvgIpc) is 1.97. The van der Waals surface area contributed by atoms with E-state index in [1.807, 2.05) is 0 Å². The second-order valence-corrected chi connectivity index (χ2v) is 1.94. The smallest absolute Gasteiger partial charge is 0.310 e. The van der Waals surface area contributed by atoms with Crippen LogP contribution in [0.5, 0.6) is 0 Å². The molecule has 0 saturated carbocycles. The molecular weight excluding hydrogens is 148 g/mol. The van der Waals surface area contributed by atoms with E-state index in [1.165, 1.54) is 6.08 Å². The van der Waals surface area contributed by atoms with Gasteiger partial charge in [0.25, 0.3) is 6.47 Å². The molecule has 0 aliphatic heterocycles. The molecule has 0 aromatic heterocycles. The van der Waals surface area contributed by atoms with Crippen molar-refractivity contribution in [1.82, 2.24) is 0 Å². The molecule has 0 spiro atoms. The molecule has 0 aromatic rings. The Morgan fingerprint density at radius 2 is 2.36 bits per heavy atom. The molecule has 1 atom stereocenters. The van der Waals surface area contributed by atoms with Gasteiger partial charge < -0.3 is 9.84 Å². The van der Waals surface area contributed by atoms with Gasteiger partial charge in [0.15, 0.2) is 0 Å². The molecule has 11 heavy (non-hydrogen) atoms. The van der Waals surface area contributed by atoms with Gasteiger partial charge in [-0.25, -0.2) is 0 Å². The zero-order valence-corrected chi connectivity index (χ0v) is 6.03. The molecule has 0 aliphatic carbocycles. The Morgan fingerprint density at radius 1 is 1.73 bits per heavy atom. The topological polar surface area (TPSA) is 63.6 Å². The molecule has 0 saturated heterocycles. The maximum Gasteiger partial charge on any atom is 0.310 e. The minimum absolute atomic E-state index is 0.118. The molecule has 1 unspecified atom stereocenters. The van der Waals surface area contributed by atoms with Gasteiger partial charge in [-0.15, -0.1) is 6.58 Å². The van der Waals surface area contributed by atoms with Gasteiger partial charge in [0.2, 0.25) is 0 Å². The highest BCUT2D eigenvalue weighted by atomic mass is 16.5. The van der Waals surface area contributed by atoms with Crippen molar-refractivity contribution >= 4 is 12.4 Å². The second kappa shape index (κ2) is 5.46. The van der Waals surface area contributed by atoms with Gasteiger partial charge >= 0.3 is 5.97 Å². The number of carbonyl (C=O) groups excluding carboxylic acids is 1. The van der Waals surface area contributed by atoms with E-state index in [2.05, 4.69) is 11.3 Å². The van der Waals surface area contributed by atoms with Crippen LogP contribution in [0.1, 0.15) is 6.42 Å². The van der Waals surface area contributed by atoms with E-state index < -0.39 is 11.9 Å². The van der Waals surface area contributed by atoms with Crippen LogP contribution in [0.3, 0.4) is 0 Å². The maximum absolute atomic E-state index is 10.3. The Balaban J connectivity index is 3.60. The van der Waals surface area contributed by atoms with E-state index in [9.17, 15) is 9.59 Å². The average molecular weight is 158 g/mol. The molecule has 0 rings (SSSR count). The second-order valence-electron chi connectivity index (χ2n) is 1.94. The van der Waals surface area contributed by atoms with Crippen molar-refractivity contribution in [3.63, 3.8) is 0 Å². The van der Waals surface area contributed by atoms with Gasteiger partial charge in [-0.3, -0.25) is 9.59 Å². The lowest BCUT2D eigenvalue weighted by Crippen LogP contribution is -2.12. The van der Waals surface area contributed by atoms with Crippen LogP contribution in [0.4, 0.5) is 0 Å². The lowest BCUT2D eigenvalue weighted by molar-refractivity contribution is -0.141. The summed E-state index contributed by atoms with van der Waals surface area (Å²) < 4.78 is 4.32. The first-order valence-electron chi connectivity index (χ1n) is 3.13. The molecule has 0 radical (unpaired) electrons. The minimum Gasteiger partial charge on any atom is -0.481 e. The van der Waals surface area contributed by atoms with Crippen molar-refractivity contribution in [2.24, 2.45) is 5.92 Å². The fourth-order valence-corrected chi connectivity index (χ4v) is 0.585. The molecule has 0 aliphatic rings. The largest absolute Gasteiger partial charge is 0.481 e. The molecule has 62 valence electrons. The summed E-state index contributed by atoms with van der Waals surface area (Å²) in [7, 11) is 0. The van der Waals surface area contributed by atoms with Crippen LogP contribution in [0.25, 0.3) is 0 Å². The molecular formula is C7H10O4.